The molecule has 1 N–H and O–H groups in total. The van der Waals surface area contributed by atoms with Gasteiger partial charge in [-0.2, -0.15) is 0 Å². The van der Waals surface area contributed by atoms with Crippen LogP contribution in [0, 0.1) is 10.8 Å². The average Bonchev–Trinajstić information content (AvgIpc) is 2.07. The van der Waals surface area contributed by atoms with Crippen molar-refractivity contribution in [2.75, 3.05) is 6.54 Å². The third-order valence-electron chi connectivity index (χ3n) is 2.85. The summed E-state index contributed by atoms with van der Waals surface area (Å²) >= 11 is 0. The number of hydrogen-bond donors (Lipinski definition) is 1. The molecule has 0 radical (unpaired) electrons. The van der Waals surface area contributed by atoms with E-state index >= 15 is 0 Å². The first-order chi connectivity index (χ1) is 7.13. The maximum atomic E-state index is 4.07. The van der Waals surface area contributed by atoms with Crippen LogP contribution in [-0.4, -0.2) is 6.54 Å². The molecule has 1 nitrogen and oxygen atoms in total. The lowest BCUT2D eigenvalue weighted by Gasteiger charge is -2.23. The van der Waals surface area contributed by atoms with E-state index in [0.29, 0.717) is 5.41 Å². The Morgan fingerprint density at radius 3 is 1.94 bits per heavy atom. The second kappa shape index (κ2) is 6.32. The average molecular weight is 225 g/mol. The first-order valence-corrected chi connectivity index (χ1v) is 6.56. The molecular weight excluding hydrogens is 194 g/mol. The minimum Gasteiger partial charge on any atom is -0.388 e. The summed E-state index contributed by atoms with van der Waals surface area (Å²) in [6.07, 6.45) is 5.24. The summed E-state index contributed by atoms with van der Waals surface area (Å²) in [5.74, 6) is 0. The first kappa shape index (κ1) is 15.5. The molecule has 0 rings (SSSR count). The predicted octanol–water partition coefficient (Wildman–Crippen LogP) is 4.74. The smallest absolute Gasteiger partial charge is 0.0143 e. The summed E-state index contributed by atoms with van der Waals surface area (Å²) < 4.78 is 0. The van der Waals surface area contributed by atoms with E-state index in [9.17, 15) is 0 Å². The highest BCUT2D eigenvalue weighted by molar-refractivity contribution is 5.02. The highest BCUT2D eigenvalue weighted by atomic mass is 14.9. The van der Waals surface area contributed by atoms with Crippen LogP contribution in [0.4, 0.5) is 0 Å². The van der Waals surface area contributed by atoms with Crippen molar-refractivity contribution >= 4 is 0 Å². The second-order valence-corrected chi connectivity index (χ2v) is 7.03. The van der Waals surface area contributed by atoms with Gasteiger partial charge in [-0.3, -0.25) is 0 Å². The lowest BCUT2D eigenvalue weighted by Crippen LogP contribution is -2.24. The van der Waals surface area contributed by atoms with Gasteiger partial charge in [-0.05, 0) is 18.3 Å². The largest absolute Gasteiger partial charge is 0.388 e. The van der Waals surface area contributed by atoms with Crippen LogP contribution in [0.5, 0.6) is 0 Å². The summed E-state index contributed by atoms with van der Waals surface area (Å²) in [5.41, 5.74) is 1.83. The molecule has 0 bridgehead atoms. The SMILES string of the molecule is C=C(NCCCCCC(C)(C)C)C(C)(C)C. The van der Waals surface area contributed by atoms with Gasteiger partial charge in [-0.25, -0.2) is 0 Å². The van der Waals surface area contributed by atoms with Gasteiger partial charge in [0.25, 0.3) is 0 Å². The van der Waals surface area contributed by atoms with Gasteiger partial charge < -0.3 is 5.32 Å². The Bertz CT molecular complexity index is 202. The third kappa shape index (κ3) is 8.82. The van der Waals surface area contributed by atoms with Crippen molar-refractivity contribution in [2.45, 2.75) is 67.2 Å². The van der Waals surface area contributed by atoms with Crippen molar-refractivity contribution in [1.29, 1.82) is 0 Å². The van der Waals surface area contributed by atoms with Crippen LogP contribution in [0.15, 0.2) is 12.3 Å². The van der Waals surface area contributed by atoms with Gasteiger partial charge in [0.05, 0.1) is 0 Å². The van der Waals surface area contributed by atoms with Gasteiger partial charge in [0, 0.05) is 17.7 Å². The van der Waals surface area contributed by atoms with Gasteiger partial charge in [0.2, 0.25) is 0 Å². The molecule has 0 amide bonds. The Morgan fingerprint density at radius 2 is 1.50 bits per heavy atom. The minimum absolute atomic E-state index is 0.186. The summed E-state index contributed by atoms with van der Waals surface area (Å²) in [5, 5.41) is 3.43. The van der Waals surface area contributed by atoms with Crippen LogP contribution in [0.25, 0.3) is 0 Å². The van der Waals surface area contributed by atoms with Crippen molar-refractivity contribution in [3.05, 3.63) is 12.3 Å². The van der Waals surface area contributed by atoms with Crippen LogP contribution in [0.2, 0.25) is 0 Å². The molecule has 0 aromatic carbocycles. The second-order valence-electron chi connectivity index (χ2n) is 7.03. The number of rotatable bonds is 6. The molecular formula is C15H31N. The molecule has 0 fully saturated rings. The van der Waals surface area contributed by atoms with Crippen LogP contribution in [0.1, 0.15) is 67.2 Å². The van der Waals surface area contributed by atoms with Crippen LogP contribution >= 0.6 is 0 Å². The maximum Gasteiger partial charge on any atom is 0.0143 e. The van der Waals surface area contributed by atoms with Crippen molar-refractivity contribution in [3.8, 4) is 0 Å². The lowest BCUT2D eigenvalue weighted by molar-refractivity contribution is 0.357. The van der Waals surface area contributed by atoms with Crippen LogP contribution in [0.3, 0.4) is 0 Å². The Morgan fingerprint density at radius 1 is 0.938 bits per heavy atom. The van der Waals surface area contributed by atoms with E-state index in [1.54, 1.807) is 0 Å². The topological polar surface area (TPSA) is 12.0 Å². The highest BCUT2D eigenvalue weighted by Crippen LogP contribution is 2.22. The number of nitrogens with one attached hydrogen (secondary N) is 1. The highest BCUT2D eigenvalue weighted by Gasteiger charge is 2.13. The summed E-state index contributed by atoms with van der Waals surface area (Å²) in [4.78, 5) is 0. The number of unbranched alkanes of at least 4 members (excludes halogenated alkanes) is 2. The Hall–Kier alpha value is -0.460. The van der Waals surface area contributed by atoms with Gasteiger partial charge in [-0.15, -0.1) is 0 Å². The minimum atomic E-state index is 0.186. The van der Waals surface area contributed by atoms with E-state index < -0.39 is 0 Å². The Kier molecular flexibility index (Phi) is 6.14. The quantitative estimate of drug-likeness (QED) is 0.644. The Balaban J connectivity index is 3.45. The molecule has 0 aromatic heterocycles. The summed E-state index contributed by atoms with van der Waals surface area (Å²) in [6, 6.07) is 0. The fraction of sp³-hybridized carbons (Fsp3) is 0.867. The van der Waals surface area contributed by atoms with Gasteiger partial charge >= 0.3 is 0 Å². The van der Waals surface area contributed by atoms with Crippen LogP contribution < -0.4 is 5.32 Å². The molecule has 96 valence electrons. The molecule has 0 unspecified atom stereocenters. The monoisotopic (exact) mass is 225 g/mol. The van der Waals surface area contributed by atoms with E-state index in [-0.39, 0.29) is 5.41 Å². The van der Waals surface area contributed by atoms with E-state index in [1.807, 2.05) is 0 Å². The van der Waals surface area contributed by atoms with Crippen molar-refractivity contribution < 1.29 is 0 Å². The van der Waals surface area contributed by atoms with E-state index in [0.717, 1.165) is 12.2 Å². The lowest BCUT2D eigenvalue weighted by atomic mass is 9.89. The first-order valence-electron chi connectivity index (χ1n) is 6.56. The summed E-state index contributed by atoms with van der Waals surface area (Å²) in [6.45, 7) is 18.7. The molecule has 1 heteroatoms. The molecule has 0 aliphatic heterocycles. The fourth-order valence-corrected chi connectivity index (χ4v) is 1.46. The third-order valence-corrected chi connectivity index (χ3v) is 2.85. The molecule has 0 spiro atoms. The van der Waals surface area contributed by atoms with Gasteiger partial charge in [0.15, 0.2) is 0 Å². The normalized spacial score (nSPS) is 12.6. The number of hydrogen-bond acceptors (Lipinski definition) is 1. The number of allylic oxidation sites excluding steroid dienone is 1. The molecule has 16 heavy (non-hydrogen) atoms. The molecule has 0 saturated heterocycles. The van der Waals surface area contributed by atoms with Crippen molar-refractivity contribution in [2.24, 2.45) is 10.8 Å². The molecule has 0 aliphatic rings. The zero-order chi connectivity index (χ0) is 12.8. The van der Waals surface area contributed by atoms with E-state index in [1.165, 1.54) is 25.7 Å². The zero-order valence-corrected chi connectivity index (χ0v) is 12.2. The molecule has 0 saturated carbocycles. The van der Waals surface area contributed by atoms with Crippen LogP contribution in [-0.2, 0) is 0 Å². The van der Waals surface area contributed by atoms with E-state index in [2.05, 4.69) is 53.4 Å². The van der Waals surface area contributed by atoms with Crippen molar-refractivity contribution in [3.63, 3.8) is 0 Å². The molecule has 0 heterocycles. The Labute approximate surface area is 103 Å². The molecule has 0 atom stereocenters. The fourth-order valence-electron chi connectivity index (χ4n) is 1.46. The van der Waals surface area contributed by atoms with E-state index in [4.69, 9.17) is 0 Å². The zero-order valence-electron chi connectivity index (χ0n) is 12.2. The maximum absolute atomic E-state index is 4.07. The summed E-state index contributed by atoms with van der Waals surface area (Å²) in [7, 11) is 0. The van der Waals surface area contributed by atoms with Gasteiger partial charge in [-0.1, -0.05) is 61.0 Å². The molecule has 0 aliphatic carbocycles. The molecule has 0 aromatic rings. The predicted molar refractivity (Wildman–Crippen MR) is 74.5 cm³/mol. The van der Waals surface area contributed by atoms with Gasteiger partial charge in [0.1, 0.15) is 0 Å². The standard InChI is InChI=1S/C15H31N/c1-13(15(5,6)7)16-12-10-8-9-11-14(2,3)4/h16H,1,8-12H2,2-7H3. The van der Waals surface area contributed by atoms with Crippen molar-refractivity contribution in [1.82, 2.24) is 5.32 Å².